The van der Waals surface area contributed by atoms with Crippen LogP contribution in [0.5, 0.6) is 0 Å². The zero-order valence-electron chi connectivity index (χ0n) is 10.5. The molecule has 0 radical (unpaired) electrons. The molecule has 0 aliphatic rings. The van der Waals surface area contributed by atoms with Crippen molar-refractivity contribution in [1.29, 1.82) is 0 Å². The summed E-state index contributed by atoms with van der Waals surface area (Å²) in [4.78, 5) is 22.7. The summed E-state index contributed by atoms with van der Waals surface area (Å²) in [6.45, 7) is 0.406. The standard InChI is InChI=1S/C12H15N5O2/c1-16-8-14-17(12(16)19)7-10-4-2-9(3-5-10)6-11(18)15-13/h2-5,8H,6-7,13H2,1H3,(H,15,18). The van der Waals surface area contributed by atoms with E-state index >= 15 is 0 Å². The van der Waals surface area contributed by atoms with Crippen molar-refractivity contribution in [1.82, 2.24) is 19.8 Å². The van der Waals surface area contributed by atoms with E-state index in [9.17, 15) is 9.59 Å². The second-order valence-corrected chi connectivity index (χ2v) is 4.24. The van der Waals surface area contributed by atoms with Crippen molar-refractivity contribution in [2.24, 2.45) is 12.9 Å². The number of nitrogens with two attached hydrogens (primary N) is 1. The zero-order chi connectivity index (χ0) is 13.8. The van der Waals surface area contributed by atoms with Gasteiger partial charge in [0.15, 0.2) is 0 Å². The van der Waals surface area contributed by atoms with Gasteiger partial charge in [0.05, 0.1) is 13.0 Å². The number of aryl methyl sites for hydroxylation is 1. The number of nitrogens with one attached hydrogen (secondary N) is 1. The average Bonchev–Trinajstić information content (AvgIpc) is 2.73. The summed E-state index contributed by atoms with van der Waals surface area (Å²) in [5.41, 5.74) is 3.72. The minimum absolute atomic E-state index is 0.161. The molecule has 0 aliphatic heterocycles. The van der Waals surface area contributed by atoms with E-state index in [1.54, 1.807) is 7.05 Å². The molecule has 2 aromatic rings. The van der Waals surface area contributed by atoms with Crippen LogP contribution in [-0.2, 0) is 24.8 Å². The monoisotopic (exact) mass is 261 g/mol. The van der Waals surface area contributed by atoms with Gasteiger partial charge >= 0.3 is 5.69 Å². The summed E-state index contributed by atoms with van der Waals surface area (Å²) >= 11 is 0. The predicted octanol–water partition coefficient (Wildman–Crippen LogP) is -0.837. The Morgan fingerprint density at radius 1 is 1.32 bits per heavy atom. The van der Waals surface area contributed by atoms with E-state index in [2.05, 4.69) is 10.5 Å². The van der Waals surface area contributed by atoms with Crippen molar-refractivity contribution in [3.63, 3.8) is 0 Å². The van der Waals surface area contributed by atoms with Crippen LogP contribution in [0.3, 0.4) is 0 Å². The lowest BCUT2D eigenvalue weighted by atomic mass is 10.1. The maximum absolute atomic E-state index is 11.6. The quantitative estimate of drug-likeness (QED) is 0.426. The molecule has 0 atom stereocenters. The Hall–Kier alpha value is -2.41. The first-order chi connectivity index (χ1) is 9.10. The Morgan fingerprint density at radius 2 is 1.95 bits per heavy atom. The molecule has 1 amide bonds. The second kappa shape index (κ2) is 5.49. The van der Waals surface area contributed by atoms with Crippen molar-refractivity contribution in [2.75, 3.05) is 0 Å². The van der Waals surface area contributed by atoms with Crippen molar-refractivity contribution in [3.8, 4) is 0 Å². The van der Waals surface area contributed by atoms with Gasteiger partial charge in [0, 0.05) is 7.05 Å². The third kappa shape index (κ3) is 3.08. The van der Waals surface area contributed by atoms with Crippen LogP contribution in [0.25, 0.3) is 0 Å². The Balaban J connectivity index is 2.09. The van der Waals surface area contributed by atoms with Crippen molar-refractivity contribution in [3.05, 3.63) is 52.2 Å². The number of carbonyl (C=O) groups is 1. The summed E-state index contributed by atoms with van der Waals surface area (Å²) in [7, 11) is 1.65. The summed E-state index contributed by atoms with van der Waals surface area (Å²) in [6, 6.07) is 7.39. The molecular weight excluding hydrogens is 246 g/mol. The van der Waals surface area contributed by atoms with E-state index in [0.717, 1.165) is 11.1 Å². The van der Waals surface area contributed by atoms with Crippen LogP contribution in [0.15, 0.2) is 35.4 Å². The van der Waals surface area contributed by atoms with E-state index in [0.29, 0.717) is 6.54 Å². The number of rotatable bonds is 4. The maximum Gasteiger partial charge on any atom is 0.345 e. The molecule has 0 spiro atoms. The van der Waals surface area contributed by atoms with Gasteiger partial charge in [0.25, 0.3) is 0 Å². The molecule has 7 heteroatoms. The van der Waals surface area contributed by atoms with E-state index in [-0.39, 0.29) is 18.0 Å². The van der Waals surface area contributed by atoms with Gasteiger partial charge in [0.1, 0.15) is 6.33 Å². The largest absolute Gasteiger partial charge is 0.345 e. The summed E-state index contributed by atoms with van der Waals surface area (Å²) < 4.78 is 2.79. The summed E-state index contributed by atoms with van der Waals surface area (Å²) in [5.74, 6) is 4.78. The number of nitrogens with zero attached hydrogens (tertiary/aromatic N) is 3. The number of carbonyl (C=O) groups excluding carboxylic acids is 1. The van der Waals surface area contributed by atoms with Crippen molar-refractivity contribution >= 4 is 5.91 Å². The molecular formula is C12H15N5O2. The molecule has 0 fully saturated rings. The van der Waals surface area contributed by atoms with Crippen LogP contribution in [0.4, 0.5) is 0 Å². The van der Waals surface area contributed by atoms with Gasteiger partial charge in [-0.3, -0.25) is 14.8 Å². The SMILES string of the molecule is Cn1cnn(Cc2ccc(CC(=O)NN)cc2)c1=O. The molecule has 0 unspecified atom stereocenters. The van der Waals surface area contributed by atoms with Crippen molar-refractivity contribution in [2.45, 2.75) is 13.0 Å². The van der Waals surface area contributed by atoms with Gasteiger partial charge < -0.3 is 0 Å². The summed E-state index contributed by atoms with van der Waals surface area (Å²) in [6.07, 6.45) is 1.71. The van der Waals surface area contributed by atoms with E-state index in [4.69, 9.17) is 5.84 Å². The van der Waals surface area contributed by atoms with Crippen LogP contribution in [0.2, 0.25) is 0 Å². The highest BCUT2D eigenvalue weighted by Crippen LogP contribution is 2.06. The third-order valence-electron chi connectivity index (χ3n) is 2.77. The highest BCUT2D eigenvalue weighted by molar-refractivity contribution is 5.77. The number of hydrogen-bond acceptors (Lipinski definition) is 4. The lowest BCUT2D eigenvalue weighted by Crippen LogP contribution is -2.31. The van der Waals surface area contributed by atoms with Crippen LogP contribution >= 0.6 is 0 Å². The third-order valence-corrected chi connectivity index (χ3v) is 2.77. The molecule has 7 nitrogen and oxygen atoms in total. The normalized spacial score (nSPS) is 10.4. The minimum Gasteiger partial charge on any atom is -0.294 e. The number of amides is 1. The van der Waals surface area contributed by atoms with Crippen LogP contribution < -0.4 is 17.0 Å². The molecule has 2 rings (SSSR count). The molecule has 0 aliphatic carbocycles. The number of hydrazine groups is 1. The lowest BCUT2D eigenvalue weighted by Gasteiger charge is -2.03. The molecule has 1 heterocycles. The molecule has 0 saturated heterocycles. The van der Waals surface area contributed by atoms with Crippen molar-refractivity contribution < 1.29 is 4.79 Å². The molecule has 0 saturated carbocycles. The van der Waals surface area contributed by atoms with Gasteiger partial charge in [-0.25, -0.2) is 15.3 Å². The van der Waals surface area contributed by atoms with E-state index < -0.39 is 0 Å². The summed E-state index contributed by atoms with van der Waals surface area (Å²) in [5, 5.41) is 3.98. The van der Waals surface area contributed by atoms with E-state index in [1.165, 1.54) is 15.6 Å². The second-order valence-electron chi connectivity index (χ2n) is 4.24. The molecule has 1 aromatic carbocycles. The predicted molar refractivity (Wildman–Crippen MR) is 69.0 cm³/mol. The molecule has 19 heavy (non-hydrogen) atoms. The molecule has 0 bridgehead atoms. The van der Waals surface area contributed by atoms with Gasteiger partial charge in [0.2, 0.25) is 5.91 Å². The van der Waals surface area contributed by atoms with Gasteiger partial charge in [-0.2, -0.15) is 5.10 Å². The Morgan fingerprint density at radius 3 is 2.47 bits per heavy atom. The fraction of sp³-hybridized carbons (Fsp3) is 0.250. The topological polar surface area (TPSA) is 94.9 Å². The minimum atomic E-state index is -0.242. The van der Waals surface area contributed by atoms with Gasteiger partial charge in [-0.05, 0) is 11.1 Å². The molecule has 100 valence electrons. The van der Waals surface area contributed by atoms with Crippen LogP contribution in [0, 0.1) is 0 Å². The highest BCUT2D eigenvalue weighted by Gasteiger charge is 2.04. The number of hydrogen-bond donors (Lipinski definition) is 2. The fourth-order valence-electron chi connectivity index (χ4n) is 1.70. The molecule has 1 aromatic heterocycles. The molecule has 3 N–H and O–H groups in total. The van der Waals surface area contributed by atoms with Gasteiger partial charge in [-0.15, -0.1) is 0 Å². The zero-order valence-corrected chi connectivity index (χ0v) is 10.5. The highest BCUT2D eigenvalue weighted by atomic mass is 16.2. The fourth-order valence-corrected chi connectivity index (χ4v) is 1.70. The lowest BCUT2D eigenvalue weighted by molar-refractivity contribution is -0.120. The Labute approximate surface area is 109 Å². The number of benzene rings is 1. The first kappa shape index (κ1) is 13.0. The average molecular weight is 261 g/mol. The maximum atomic E-state index is 11.6. The first-order valence-corrected chi connectivity index (χ1v) is 5.76. The first-order valence-electron chi connectivity index (χ1n) is 5.76. The van der Waals surface area contributed by atoms with Gasteiger partial charge in [-0.1, -0.05) is 24.3 Å². The van der Waals surface area contributed by atoms with Crippen LogP contribution in [0.1, 0.15) is 11.1 Å². The Bertz CT molecular complexity index is 626. The smallest absolute Gasteiger partial charge is 0.294 e. The van der Waals surface area contributed by atoms with E-state index in [1.807, 2.05) is 24.3 Å². The Kier molecular flexibility index (Phi) is 3.76. The number of aromatic nitrogens is 3. The van der Waals surface area contributed by atoms with Crippen LogP contribution in [-0.4, -0.2) is 20.3 Å².